The lowest BCUT2D eigenvalue weighted by Crippen LogP contribution is -2.51. The van der Waals surface area contributed by atoms with Crippen LogP contribution in [0.5, 0.6) is 0 Å². The zero-order valence-corrected chi connectivity index (χ0v) is 23.1. The van der Waals surface area contributed by atoms with Gasteiger partial charge in [0.05, 0.1) is 10.6 Å². The molecular formula is C28H31ClFN3O4S. The van der Waals surface area contributed by atoms with Crippen LogP contribution in [-0.4, -0.2) is 44.3 Å². The van der Waals surface area contributed by atoms with Crippen molar-refractivity contribution < 1.29 is 22.4 Å². The Kier molecular flexibility index (Phi) is 9.88. The number of carbonyl (C=O) groups excluding carboxylic acids is 2. The van der Waals surface area contributed by atoms with Gasteiger partial charge in [0.25, 0.3) is 10.0 Å². The maximum absolute atomic E-state index is 14.9. The Hall–Kier alpha value is -3.43. The van der Waals surface area contributed by atoms with E-state index in [1.807, 2.05) is 13.8 Å². The van der Waals surface area contributed by atoms with Gasteiger partial charge < -0.3 is 10.2 Å². The van der Waals surface area contributed by atoms with Crippen molar-refractivity contribution in [2.45, 2.75) is 44.7 Å². The van der Waals surface area contributed by atoms with Crippen molar-refractivity contribution in [2.24, 2.45) is 0 Å². The van der Waals surface area contributed by atoms with Crippen LogP contribution in [-0.2, 0) is 26.2 Å². The summed E-state index contributed by atoms with van der Waals surface area (Å²) >= 11 is 6.33. The summed E-state index contributed by atoms with van der Waals surface area (Å²) < 4.78 is 43.1. The standard InChI is InChI=1S/C28H31ClFN3O4S/c1-4-17-31-28(35)21(3)32(18-22-9-5-6-10-24(22)29)27(34)19-33(26-12-8-7-11-25(26)30)38(36,37)23-15-13-20(2)14-16-23/h5-16,21H,4,17-19H2,1-3H3,(H,31,35)/t21-/m1/s1. The first kappa shape index (κ1) is 29.1. The molecular weight excluding hydrogens is 529 g/mol. The average molecular weight is 560 g/mol. The summed E-state index contributed by atoms with van der Waals surface area (Å²) in [6.45, 7) is 4.91. The van der Waals surface area contributed by atoms with Gasteiger partial charge in [-0.05, 0) is 56.2 Å². The maximum atomic E-state index is 14.9. The fourth-order valence-corrected chi connectivity index (χ4v) is 5.41. The topological polar surface area (TPSA) is 86.8 Å². The number of anilines is 1. The Balaban J connectivity index is 2.04. The minimum absolute atomic E-state index is 0.0467. The molecule has 1 atom stereocenters. The van der Waals surface area contributed by atoms with Crippen LogP contribution in [0, 0.1) is 12.7 Å². The molecule has 3 aromatic rings. The Morgan fingerprint density at radius 3 is 2.26 bits per heavy atom. The number of hydrogen-bond donors (Lipinski definition) is 1. The SMILES string of the molecule is CCCNC(=O)[C@@H](C)N(Cc1ccccc1Cl)C(=O)CN(c1ccccc1F)S(=O)(=O)c1ccc(C)cc1. The van der Waals surface area contributed by atoms with Crippen molar-refractivity contribution in [3.63, 3.8) is 0 Å². The molecule has 38 heavy (non-hydrogen) atoms. The molecule has 0 radical (unpaired) electrons. The number of halogens is 2. The Morgan fingerprint density at radius 1 is 1.00 bits per heavy atom. The van der Waals surface area contributed by atoms with Crippen LogP contribution in [0.15, 0.2) is 77.7 Å². The van der Waals surface area contributed by atoms with E-state index in [1.54, 1.807) is 43.3 Å². The summed E-state index contributed by atoms with van der Waals surface area (Å²) in [7, 11) is -4.34. The molecule has 7 nitrogen and oxygen atoms in total. The first-order chi connectivity index (χ1) is 18.1. The summed E-state index contributed by atoms with van der Waals surface area (Å²) in [6.07, 6.45) is 0.701. The molecule has 0 fully saturated rings. The minimum Gasteiger partial charge on any atom is -0.354 e. The van der Waals surface area contributed by atoms with Gasteiger partial charge in [0.15, 0.2) is 0 Å². The zero-order valence-electron chi connectivity index (χ0n) is 21.5. The van der Waals surface area contributed by atoms with Gasteiger partial charge in [-0.25, -0.2) is 12.8 Å². The van der Waals surface area contributed by atoms with Crippen molar-refractivity contribution in [2.75, 3.05) is 17.4 Å². The monoisotopic (exact) mass is 559 g/mol. The Morgan fingerprint density at radius 2 is 1.63 bits per heavy atom. The fourth-order valence-electron chi connectivity index (χ4n) is 3.79. The summed E-state index contributed by atoms with van der Waals surface area (Å²) in [4.78, 5) is 27.8. The molecule has 3 aromatic carbocycles. The first-order valence-electron chi connectivity index (χ1n) is 12.2. The number of rotatable bonds is 11. The lowest BCUT2D eigenvalue weighted by Gasteiger charge is -2.32. The number of amides is 2. The molecule has 0 aromatic heterocycles. The number of benzene rings is 3. The van der Waals surface area contributed by atoms with Gasteiger partial charge in [-0.1, -0.05) is 66.6 Å². The van der Waals surface area contributed by atoms with Crippen molar-refractivity contribution in [3.05, 3.63) is 94.8 Å². The highest BCUT2D eigenvalue weighted by Gasteiger charge is 2.33. The van der Waals surface area contributed by atoms with Gasteiger partial charge in [-0.15, -0.1) is 0 Å². The average Bonchev–Trinajstić information content (AvgIpc) is 2.90. The van der Waals surface area contributed by atoms with Crippen molar-refractivity contribution in [1.82, 2.24) is 10.2 Å². The fraction of sp³-hybridized carbons (Fsp3) is 0.286. The van der Waals surface area contributed by atoms with E-state index in [0.29, 0.717) is 23.6 Å². The molecule has 202 valence electrons. The predicted molar refractivity (Wildman–Crippen MR) is 147 cm³/mol. The molecule has 1 N–H and O–H groups in total. The van der Waals surface area contributed by atoms with E-state index in [4.69, 9.17) is 11.6 Å². The van der Waals surface area contributed by atoms with Crippen LogP contribution in [0.4, 0.5) is 10.1 Å². The molecule has 0 unspecified atom stereocenters. The summed E-state index contributed by atoms with van der Waals surface area (Å²) in [5, 5.41) is 3.16. The van der Waals surface area contributed by atoms with Gasteiger partial charge in [0.2, 0.25) is 11.8 Å². The van der Waals surface area contributed by atoms with Crippen LogP contribution in [0.25, 0.3) is 0 Å². The van der Waals surface area contributed by atoms with Gasteiger partial charge in [-0.3, -0.25) is 13.9 Å². The number of nitrogens with one attached hydrogen (secondary N) is 1. The lowest BCUT2D eigenvalue weighted by atomic mass is 10.1. The molecule has 0 saturated heterocycles. The van der Waals surface area contributed by atoms with Crippen LogP contribution in [0.2, 0.25) is 5.02 Å². The lowest BCUT2D eigenvalue weighted by molar-refractivity contribution is -0.139. The number of para-hydroxylation sites is 1. The predicted octanol–water partition coefficient (Wildman–Crippen LogP) is 4.93. The molecule has 0 aliphatic rings. The van der Waals surface area contributed by atoms with Crippen molar-refractivity contribution in [1.29, 1.82) is 0 Å². The van der Waals surface area contributed by atoms with Gasteiger partial charge in [0.1, 0.15) is 18.4 Å². The van der Waals surface area contributed by atoms with E-state index in [2.05, 4.69) is 5.32 Å². The molecule has 0 aliphatic carbocycles. The second-order valence-corrected chi connectivity index (χ2v) is 11.1. The minimum atomic E-state index is -4.34. The highest BCUT2D eigenvalue weighted by Crippen LogP contribution is 2.27. The van der Waals surface area contributed by atoms with E-state index in [0.717, 1.165) is 15.9 Å². The third-order valence-corrected chi connectivity index (χ3v) is 8.17. The second-order valence-electron chi connectivity index (χ2n) is 8.86. The van der Waals surface area contributed by atoms with Crippen LogP contribution >= 0.6 is 11.6 Å². The second kappa shape index (κ2) is 12.9. The molecule has 0 spiro atoms. The zero-order chi connectivity index (χ0) is 27.9. The normalized spacial score (nSPS) is 12.0. The molecule has 0 aliphatic heterocycles. The van der Waals surface area contributed by atoms with Gasteiger partial charge in [-0.2, -0.15) is 0 Å². The van der Waals surface area contributed by atoms with Crippen molar-refractivity contribution in [3.8, 4) is 0 Å². The first-order valence-corrected chi connectivity index (χ1v) is 14.0. The maximum Gasteiger partial charge on any atom is 0.264 e. The highest BCUT2D eigenvalue weighted by molar-refractivity contribution is 7.92. The number of aryl methyl sites for hydroxylation is 1. The number of sulfonamides is 1. The Labute approximate surface area is 228 Å². The van der Waals surface area contributed by atoms with Crippen LogP contribution in [0.1, 0.15) is 31.4 Å². The number of carbonyl (C=O) groups is 2. The molecule has 2 amide bonds. The largest absolute Gasteiger partial charge is 0.354 e. The number of nitrogens with zero attached hydrogens (tertiary/aromatic N) is 2. The van der Waals surface area contributed by atoms with E-state index in [-0.39, 0.29) is 17.1 Å². The van der Waals surface area contributed by atoms with Gasteiger partial charge >= 0.3 is 0 Å². The summed E-state index contributed by atoms with van der Waals surface area (Å²) in [6, 6.07) is 17.3. The third kappa shape index (κ3) is 6.90. The molecule has 0 heterocycles. The van der Waals surface area contributed by atoms with E-state index in [1.165, 1.54) is 35.2 Å². The quantitative estimate of drug-likeness (QED) is 0.361. The Bertz CT molecular complexity index is 1380. The molecule has 10 heteroatoms. The van der Waals surface area contributed by atoms with Crippen LogP contribution in [0.3, 0.4) is 0 Å². The summed E-state index contributed by atoms with van der Waals surface area (Å²) in [5.41, 5.74) is 1.15. The van der Waals surface area contributed by atoms with E-state index >= 15 is 0 Å². The van der Waals surface area contributed by atoms with E-state index < -0.39 is 40.2 Å². The smallest absolute Gasteiger partial charge is 0.264 e. The van der Waals surface area contributed by atoms with Gasteiger partial charge in [0, 0.05) is 18.1 Å². The third-order valence-electron chi connectivity index (χ3n) is 6.02. The number of hydrogen-bond acceptors (Lipinski definition) is 4. The highest BCUT2D eigenvalue weighted by atomic mass is 35.5. The molecule has 3 rings (SSSR count). The molecule has 0 bridgehead atoms. The van der Waals surface area contributed by atoms with Crippen LogP contribution < -0.4 is 9.62 Å². The summed E-state index contributed by atoms with van der Waals surface area (Å²) in [5.74, 6) is -1.89. The molecule has 0 saturated carbocycles. The van der Waals surface area contributed by atoms with E-state index in [9.17, 15) is 22.4 Å². The van der Waals surface area contributed by atoms with Crippen molar-refractivity contribution >= 4 is 39.1 Å².